The van der Waals surface area contributed by atoms with Gasteiger partial charge in [0.15, 0.2) is 0 Å². The Morgan fingerprint density at radius 2 is 1.89 bits per heavy atom. The van der Waals surface area contributed by atoms with Crippen LogP contribution in [-0.2, 0) is 5.75 Å². The SMILES string of the molecule is COc1ccc(SCc2ncc(C)c(N)c2C)cc1. The number of methoxy groups -OCH3 is 1. The number of aryl methyl sites for hydroxylation is 1. The van der Waals surface area contributed by atoms with Crippen molar-refractivity contribution in [2.45, 2.75) is 24.5 Å². The van der Waals surface area contributed by atoms with E-state index in [9.17, 15) is 0 Å². The van der Waals surface area contributed by atoms with Crippen LogP contribution in [0.1, 0.15) is 16.8 Å². The van der Waals surface area contributed by atoms with Crippen molar-refractivity contribution in [2.24, 2.45) is 0 Å². The summed E-state index contributed by atoms with van der Waals surface area (Å²) in [5.74, 6) is 1.70. The van der Waals surface area contributed by atoms with Crippen LogP contribution in [0.3, 0.4) is 0 Å². The van der Waals surface area contributed by atoms with E-state index < -0.39 is 0 Å². The third-order valence-corrected chi connectivity index (χ3v) is 4.13. The predicted octanol–water partition coefficient (Wildman–Crippen LogP) is 3.58. The maximum atomic E-state index is 6.02. The summed E-state index contributed by atoms with van der Waals surface area (Å²) in [5.41, 5.74) is 10.0. The second-order valence-corrected chi connectivity index (χ2v) is 5.44. The van der Waals surface area contributed by atoms with Crippen molar-refractivity contribution in [3.05, 3.63) is 47.3 Å². The Kier molecular flexibility index (Phi) is 4.32. The topological polar surface area (TPSA) is 48.1 Å². The third kappa shape index (κ3) is 3.20. The minimum absolute atomic E-state index is 0.822. The summed E-state index contributed by atoms with van der Waals surface area (Å²) < 4.78 is 5.14. The summed E-state index contributed by atoms with van der Waals surface area (Å²) in [6, 6.07) is 8.03. The van der Waals surface area contributed by atoms with Gasteiger partial charge in [0.05, 0.1) is 12.8 Å². The van der Waals surface area contributed by atoms with Gasteiger partial charge >= 0.3 is 0 Å². The van der Waals surface area contributed by atoms with E-state index in [0.717, 1.165) is 34.0 Å². The van der Waals surface area contributed by atoms with Gasteiger partial charge in [0.1, 0.15) is 5.75 Å². The van der Waals surface area contributed by atoms with E-state index in [1.807, 2.05) is 32.2 Å². The molecule has 0 atom stereocenters. The zero-order valence-corrected chi connectivity index (χ0v) is 12.3. The number of ether oxygens (including phenoxy) is 1. The van der Waals surface area contributed by atoms with Crippen LogP contribution in [0.2, 0.25) is 0 Å². The largest absolute Gasteiger partial charge is 0.497 e. The highest BCUT2D eigenvalue weighted by atomic mass is 32.2. The summed E-state index contributed by atoms with van der Waals surface area (Å²) >= 11 is 1.75. The van der Waals surface area contributed by atoms with Crippen LogP contribution in [0.15, 0.2) is 35.4 Å². The molecule has 1 heterocycles. The number of pyridine rings is 1. The van der Waals surface area contributed by atoms with Crippen LogP contribution in [0, 0.1) is 13.8 Å². The maximum Gasteiger partial charge on any atom is 0.118 e. The number of nitrogens with two attached hydrogens (primary N) is 1. The number of nitrogens with zero attached hydrogens (tertiary/aromatic N) is 1. The van der Waals surface area contributed by atoms with Crippen LogP contribution in [-0.4, -0.2) is 12.1 Å². The Bertz CT molecular complexity index is 567. The molecule has 2 rings (SSSR count). The minimum Gasteiger partial charge on any atom is -0.497 e. The van der Waals surface area contributed by atoms with Crippen molar-refractivity contribution in [1.29, 1.82) is 0 Å². The lowest BCUT2D eigenvalue weighted by molar-refractivity contribution is 0.414. The molecule has 2 N–H and O–H groups in total. The number of rotatable bonds is 4. The molecular weight excluding hydrogens is 256 g/mol. The summed E-state index contributed by atoms with van der Waals surface area (Å²) in [7, 11) is 1.67. The molecule has 0 aliphatic heterocycles. The fourth-order valence-electron chi connectivity index (χ4n) is 1.76. The summed E-state index contributed by atoms with van der Waals surface area (Å²) in [6.07, 6.45) is 1.84. The highest BCUT2D eigenvalue weighted by molar-refractivity contribution is 7.98. The van der Waals surface area contributed by atoms with Gasteiger partial charge in [-0.1, -0.05) is 0 Å². The minimum atomic E-state index is 0.822. The Morgan fingerprint density at radius 3 is 2.53 bits per heavy atom. The zero-order valence-electron chi connectivity index (χ0n) is 11.4. The lowest BCUT2D eigenvalue weighted by Gasteiger charge is -2.09. The molecule has 0 fully saturated rings. The molecule has 0 aliphatic carbocycles. The van der Waals surface area contributed by atoms with Gasteiger partial charge in [-0.05, 0) is 49.2 Å². The molecule has 1 aromatic heterocycles. The van der Waals surface area contributed by atoms with Gasteiger partial charge in [0.25, 0.3) is 0 Å². The number of aromatic nitrogens is 1. The second-order valence-electron chi connectivity index (χ2n) is 4.39. The van der Waals surface area contributed by atoms with Gasteiger partial charge in [-0.25, -0.2) is 0 Å². The number of hydrogen-bond acceptors (Lipinski definition) is 4. The quantitative estimate of drug-likeness (QED) is 0.866. The molecule has 2 aromatic rings. The van der Waals surface area contributed by atoms with E-state index in [0.29, 0.717) is 0 Å². The van der Waals surface area contributed by atoms with Crippen molar-refractivity contribution < 1.29 is 4.74 Å². The highest BCUT2D eigenvalue weighted by Crippen LogP contribution is 2.27. The van der Waals surface area contributed by atoms with Gasteiger partial charge in [-0.15, -0.1) is 11.8 Å². The summed E-state index contributed by atoms with van der Waals surface area (Å²) in [5, 5.41) is 0. The first kappa shape index (κ1) is 13.7. The molecule has 0 spiro atoms. The van der Waals surface area contributed by atoms with E-state index in [1.54, 1.807) is 18.9 Å². The Labute approximate surface area is 118 Å². The zero-order chi connectivity index (χ0) is 13.8. The Hall–Kier alpha value is -1.68. The van der Waals surface area contributed by atoms with Crippen LogP contribution >= 0.6 is 11.8 Å². The monoisotopic (exact) mass is 274 g/mol. The molecule has 0 amide bonds. The average Bonchev–Trinajstić information content (AvgIpc) is 2.45. The highest BCUT2D eigenvalue weighted by Gasteiger charge is 2.06. The van der Waals surface area contributed by atoms with Crippen LogP contribution < -0.4 is 10.5 Å². The summed E-state index contributed by atoms with van der Waals surface area (Å²) in [4.78, 5) is 5.66. The number of anilines is 1. The molecule has 0 unspecified atom stereocenters. The van der Waals surface area contributed by atoms with Crippen LogP contribution in [0.5, 0.6) is 5.75 Å². The molecule has 0 saturated carbocycles. The maximum absolute atomic E-state index is 6.02. The third-order valence-electron chi connectivity index (χ3n) is 3.11. The number of benzene rings is 1. The van der Waals surface area contributed by atoms with Crippen LogP contribution in [0.4, 0.5) is 5.69 Å². The molecule has 4 heteroatoms. The van der Waals surface area contributed by atoms with Crippen molar-refractivity contribution in [3.8, 4) is 5.75 Å². The number of thioether (sulfide) groups is 1. The molecule has 100 valence electrons. The number of hydrogen-bond donors (Lipinski definition) is 1. The van der Waals surface area contributed by atoms with Crippen molar-refractivity contribution in [2.75, 3.05) is 12.8 Å². The van der Waals surface area contributed by atoms with E-state index in [4.69, 9.17) is 10.5 Å². The number of nitrogen functional groups attached to an aromatic ring is 1. The first-order chi connectivity index (χ1) is 9.11. The lowest BCUT2D eigenvalue weighted by Crippen LogP contribution is -2.00. The molecule has 3 nitrogen and oxygen atoms in total. The molecule has 0 bridgehead atoms. The van der Waals surface area contributed by atoms with Gasteiger partial charge in [0, 0.05) is 22.5 Å². The van der Waals surface area contributed by atoms with E-state index in [-0.39, 0.29) is 0 Å². The molecular formula is C15H18N2OS. The average molecular weight is 274 g/mol. The van der Waals surface area contributed by atoms with Crippen molar-refractivity contribution in [1.82, 2.24) is 4.98 Å². The predicted molar refractivity (Wildman–Crippen MR) is 80.7 cm³/mol. The van der Waals surface area contributed by atoms with Crippen LogP contribution in [0.25, 0.3) is 0 Å². The normalized spacial score (nSPS) is 10.5. The first-order valence-electron chi connectivity index (χ1n) is 6.09. The molecule has 0 aliphatic rings. The smallest absolute Gasteiger partial charge is 0.118 e. The fraction of sp³-hybridized carbons (Fsp3) is 0.267. The first-order valence-corrected chi connectivity index (χ1v) is 7.07. The van der Waals surface area contributed by atoms with E-state index in [2.05, 4.69) is 17.1 Å². The molecule has 0 radical (unpaired) electrons. The van der Waals surface area contributed by atoms with Gasteiger partial charge in [-0.2, -0.15) is 0 Å². The Balaban J connectivity index is 2.08. The standard InChI is InChI=1S/C15H18N2OS/c1-10-8-17-14(11(2)15(10)16)9-19-13-6-4-12(18-3)5-7-13/h4-8H,9H2,1-3H3,(H2,16,17). The van der Waals surface area contributed by atoms with E-state index in [1.165, 1.54) is 4.90 Å². The summed E-state index contributed by atoms with van der Waals surface area (Å²) in [6.45, 7) is 4.01. The van der Waals surface area contributed by atoms with Crippen molar-refractivity contribution >= 4 is 17.4 Å². The second kappa shape index (κ2) is 5.97. The Morgan fingerprint density at radius 1 is 1.21 bits per heavy atom. The molecule has 0 saturated heterocycles. The van der Waals surface area contributed by atoms with Gasteiger partial charge in [-0.3, -0.25) is 4.98 Å². The lowest BCUT2D eigenvalue weighted by atomic mass is 10.1. The van der Waals surface area contributed by atoms with Crippen molar-refractivity contribution in [3.63, 3.8) is 0 Å². The van der Waals surface area contributed by atoms with Gasteiger partial charge in [0.2, 0.25) is 0 Å². The van der Waals surface area contributed by atoms with E-state index >= 15 is 0 Å². The fourth-order valence-corrected chi connectivity index (χ4v) is 2.68. The molecule has 19 heavy (non-hydrogen) atoms. The van der Waals surface area contributed by atoms with Gasteiger partial charge < -0.3 is 10.5 Å². The molecule has 1 aromatic carbocycles.